The fraction of sp³-hybridized carbons (Fsp3) is 0.353. The normalized spacial score (nSPS) is 12.4. The van der Waals surface area contributed by atoms with Crippen LogP contribution in [0.5, 0.6) is 0 Å². The molecule has 2 rings (SSSR count). The zero-order valence-electron chi connectivity index (χ0n) is 12.0. The summed E-state index contributed by atoms with van der Waals surface area (Å²) in [5, 5.41) is 3.54. The molecule has 0 amide bonds. The Hall–Kier alpha value is -1.67. The first-order valence-corrected chi connectivity index (χ1v) is 6.91. The maximum absolute atomic E-state index is 4.49. The number of likely N-dealkylation sites (N-methyl/N-ethyl adjacent to an activating group) is 1. The molecule has 2 heteroatoms. The second kappa shape index (κ2) is 6.48. The van der Waals surface area contributed by atoms with Crippen molar-refractivity contribution in [1.29, 1.82) is 0 Å². The van der Waals surface area contributed by atoms with E-state index in [4.69, 9.17) is 0 Å². The third-order valence-corrected chi connectivity index (χ3v) is 3.55. The molecule has 0 fully saturated rings. The van der Waals surface area contributed by atoms with E-state index in [-0.39, 0.29) is 6.04 Å². The molecule has 1 heterocycles. The first-order valence-electron chi connectivity index (χ1n) is 6.91. The minimum Gasteiger partial charge on any atom is -0.309 e. The van der Waals surface area contributed by atoms with Crippen LogP contribution in [0.25, 0.3) is 0 Å². The Balaban J connectivity index is 2.27. The molecule has 2 nitrogen and oxygen atoms in total. The second-order valence-electron chi connectivity index (χ2n) is 4.94. The fourth-order valence-corrected chi connectivity index (χ4v) is 2.48. The smallest absolute Gasteiger partial charge is 0.0576 e. The predicted molar refractivity (Wildman–Crippen MR) is 80.3 cm³/mol. The third kappa shape index (κ3) is 3.42. The number of nitrogens with one attached hydrogen (secondary N) is 1. The molecule has 1 atom stereocenters. The lowest BCUT2D eigenvalue weighted by Gasteiger charge is -2.20. The lowest BCUT2D eigenvalue weighted by Crippen LogP contribution is -2.24. The summed E-state index contributed by atoms with van der Waals surface area (Å²) in [6.45, 7) is 7.46. The molecule has 1 aromatic heterocycles. The van der Waals surface area contributed by atoms with Crippen molar-refractivity contribution >= 4 is 0 Å². The molecule has 100 valence electrons. The zero-order valence-corrected chi connectivity index (χ0v) is 12.0. The fourth-order valence-electron chi connectivity index (χ4n) is 2.48. The van der Waals surface area contributed by atoms with Crippen LogP contribution in [-0.2, 0) is 6.42 Å². The van der Waals surface area contributed by atoms with E-state index in [0.29, 0.717) is 0 Å². The van der Waals surface area contributed by atoms with Crippen molar-refractivity contribution in [2.75, 3.05) is 6.54 Å². The summed E-state index contributed by atoms with van der Waals surface area (Å²) in [6.07, 6.45) is 2.85. The molecule has 0 spiro atoms. The van der Waals surface area contributed by atoms with Crippen molar-refractivity contribution in [1.82, 2.24) is 10.3 Å². The summed E-state index contributed by atoms with van der Waals surface area (Å²) in [5.74, 6) is 0. The van der Waals surface area contributed by atoms with Gasteiger partial charge in [-0.15, -0.1) is 0 Å². The van der Waals surface area contributed by atoms with Crippen LogP contribution in [0.1, 0.15) is 35.3 Å². The van der Waals surface area contributed by atoms with E-state index in [2.05, 4.69) is 61.4 Å². The molecule has 1 aromatic carbocycles. The average Bonchev–Trinajstić information content (AvgIpc) is 2.43. The van der Waals surface area contributed by atoms with Gasteiger partial charge in [0.2, 0.25) is 0 Å². The molecule has 0 aliphatic carbocycles. The van der Waals surface area contributed by atoms with E-state index in [1.54, 1.807) is 0 Å². The number of benzene rings is 1. The van der Waals surface area contributed by atoms with E-state index in [9.17, 15) is 0 Å². The van der Waals surface area contributed by atoms with E-state index in [0.717, 1.165) is 18.7 Å². The van der Waals surface area contributed by atoms with Gasteiger partial charge in [0, 0.05) is 6.20 Å². The summed E-state index contributed by atoms with van der Waals surface area (Å²) in [7, 11) is 0. The average molecular weight is 254 g/mol. The SMILES string of the molecule is CCNC(Cc1c(C)cccc1C)c1ccccn1. The van der Waals surface area contributed by atoms with Gasteiger partial charge >= 0.3 is 0 Å². The van der Waals surface area contributed by atoms with Crippen LogP contribution in [0.3, 0.4) is 0 Å². The Morgan fingerprint density at radius 1 is 1.05 bits per heavy atom. The maximum Gasteiger partial charge on any atom is 0.0576 e. The maximum atomic E-state index is 4.49. The molecule has 0 radical (unpaired) electrons. The first-order chi connectivity index (χ1) is 9.22. The van der Waals surface area contributed by atoms with Gasteiger partial charge in [-0.3, -0.25) is 4.98 Å². The molecule has 0 bridgehead atoms. The Morgan fingerprint density at radius 3 is 2.37 bits per heavy atom. The van der Waals surface area contributed by atoms with Crippen LogP contribution in [-0.4, -0.2) is 11.5 Å². The zero-order chi connectivity index (χ0) is 13.7. The molecule has 0 saturated heterocycles. The predicted octanol–water partition coefficient (Wildman–Crippen LogP) is 3.59. The minimum atomic E-state index is 0.283. The van der Waals surface area contributed by atoms with Gasteiger partial charge in [0.1, 0.15) is 0 Å². The Kier molecular flexibility index (Phi) is 4.69. The van der Waals surface area contributed by atoms with Gasteiger partial charge in [-0.2, -0.15) is 0 Å². The lowest BCUT2D eigenvalue weighted by molar-refractivity contribution is 0.535. The van der Waals surface area contributed by atoms with Gasteiger partial charge in [-0.1, -0.05) is 31.2 Å². The van der Waals surface area contributed by atoms with Gasteiger partial charge in [0.25, 0.3) is 0 Å². The highest BCUT2D eigenvalue weighted by Crippen LogP contribution is 2.21. The van der Waals surface area contributed by atoms with Crippen LogP contribution in [0.2, 0.25) is 0 Å². The summed E-state index contributed by atoms with van der Waals surface area (Å²) in [6, 6.07) is 12.9. The highest BCUT2D eigenvalue weighted by molar-refractivity contribution is 5.34. The van der Waals surface area contributed by atoms with Gasteiger partial charge < -0.3 is 5.32 Å². The van der Waals surface area contributed by atoms with Crippen LogP contribution in [0.4, 0.5) is 0 Å². The van der Waals surface area contributed by atoms with Crippen molar-refractivity contribution in [3.8, 4) is 0 Å². The number of rotatable bonds is 5. The van der Waals surface area contributed by atoms with Gasteiger partial charge in [-0.05, 0) is 55.6 Å². The van der Waals surface area contributed by atoms with Crippen molar-refractivity contribution in [3.05, 3.63) is 65.0 Å². The highest BCUT2D eigenvalue weighted by Gasteiger charge is 2.14. The highest BCUT2D eigenvalue weighted by atomic mass is 14.9. The summed E-state index contributed by atoms with van der Waals surface area (Å²) >= 11 is 0. The van der Waals surface area contributed by atoms with Crippen LogP contribution >= 0.6 is 0 Å². The second-order valence-corrected chi connectivity index (χ2v) is 4.94. The molecule has 1 N–H and O–H groups in total. The van der Waals surface area contributed by atoms with Crippen LogP contribution in [0, 0.1) is 13.8 Å². The van der Waals surface area contributed by atoms with Crippen molar-refractivity contribution in [2.24, 2.45) is 0 Å². The third-order valence-electron chi connectivity index (χ3n) is 3.55. The molecule has 19 heavy (non-hydrogen) atoms. The Bertz CT molecular complexity index is 500. The van der Waals surface area contributed by atoms with Crippen molar-refractivity contribution in [2.45, 2.75) is 33.2 Å². The molecule has 0 aliphatic heterocycles. The number of aromatic nitrogens is 1. The number of pyridine rings is 1. The standard InChI is InChI=1S/C17H22N2/c1-4-18-17(16-10-5-6-11-19-16)12-15-13(2)8-7-9-14(15)3/h5-11,17-18H,4,12H2,1-3H3. The number of hydrogen-bond acceptors (Lipinski definition) is 2. The van der Waals surface area contributed by atoms with Gasteiger partial charge in [0.15, 0.2) is 0 Å². The summed E-state index contributed by atoms with van der Waals surface area (Å²) in [5.41, 5.74) is 5.27. The number of aryl methyl sites for hydroxylation is 2. The van der Waals surface area contributed by atoms with Gasteiger partial charge in [-0.25, -0.2) is 0 Å². The van der Waals surface area contributed by atoms with E-state index in [1.807, 2.05) is 12.3 Å². The number of nitrogens with zero attached hydrogens (tertiary/aromatic N) is 1. The van der Waals surface area contributed by atoms with Crippen molar-refractivity contribution in [3.63, 3.8) is 0 Å². The topological polar surface area (TPSA) is 24.9 Å². The summed E-state index contributed by atoms with van der Waals surface area (Å²) < 4.78 is 0. The quantitative estimate of drug-likeness (QED) is 0.882. The summed E-state index contributed by atoms with van der Waals surface area (Å²) in [4.78, 5) is 4.49. The van der Waals surface area contributed by atoms with E-state index < -0.39 is 0 Å². The Labute approximate surface area is 115 Å². The van der Waals surface area contributed by atoms with E-state index in [1.165, 1.54) is 16.7 Å². The lowest BCUT2D eigenvalue weighted by atomic mass is 9.95. The first kappa shape index (κ1) is 13.8. The molecular formula is C17H22N2. The minimum absolute atomic E-state index is 0.283. The molecule has 2 aromatic rings. The Morgan fingerprint density at radius 2 is 1.79 bits per heavy atom. The van der Waals surface area contributed by atoms with Crippen LogP contribution in [0.15, 0.2) is 42.6 Å². The molecular weight excluding hydrogens is 232 g/mol. The number of hydrogen-bond donors (Lipinski definition) is 1. The van der Waals surface area contributed by atoms with Gasteiger partial charge in [0.05, 0.1) is 11.7 Å². The molecule has 1 unspecified atom stereocenters. The monoisotopic (exact) mass is 254 g/mol. The molecule has 0 aliphatic rings. The van der Waals surface area contributed by atoms with Crippen molar-refractivity contribution < 1.29 is 0 Å². The van der Waals surface area contributed by atoms with Crippen LogP contribution < -0.4 is 5.32 Å². The van der Waals surface area contributed by atoms with E-state index >= 15 is 0 Å². The largest absolute Gasteiger partial charge is 0.309 e. The molecule has 0 saturated carbocycles.